The van der Waals surface area contributed by atoms with Crippen LogP contribution in [0.3, 0.4) is 0 Å². The van der Waals surface area contributed by atoms with E-state index in [0.717, 1.165) is 11.4 Å². The molecule has 17 heavy (non-hydrogen) atoms. The van der Waals surface area contributed by atoms with Crippen molar-refractivity contribution in [1.29, 1.82) is 0 Å². The number of ether oxygens (including phenoxy) is 1. The van der Waals surface area contributed by atoms with Gasteiger partial charge in [0.05, 0.1) is 22.8 Å². The number of anilines is 1. The largest absolute Gasteiger partial charge is 0.388 e. The number of halogens is 2. The third-order valence-corrected chi connectivity index (χ3v) is 2.73. The molecule has 0 spiro atoms. The second-order valence-electron chi connectivity index (χ2n) is 3.63. The van der Waals surface area contributed by atoms with Gasteiger partial charge in [0.25, 0.3) is 0 Å². The van der Waals surface area contributed by atoms with E-state index in [0.29, 0.717) is 22.5 Å². The number of hydrogen-bond donors (Lipinski definition) is 1. The van der Waals surface area contributed by atoms with Crippen molar-refractivity contribution in [3.63, 3.8) is 0 Å². The molecule has 1 aromatic heterocycles. The van der Waals surface area contributed by atoms with Gasteiger partial charge in [-0.05, 0) is 18.2 Å². The summed E-state index contributed by atoms with van der Waals surface area (Å²) < 4.78 is 18.3. The minimum absolute atomic E-state index is 0.300. The van der Waals surface area contributed by atoms with Crippen molar-refractivity contribution in [2.45, 2.75) is 6.61 Å². The van der Waals surface area contributed by atoms with Crippen molar-refractivity contribution >= 4 is 28.2 Å². The number of fused-ring (bicyclic) bond motifs is 1. The van der Waals surface area contributed by atoms with Crippen molar-refractivity contribution < 1.29 is 9.13 Å². The summed E-state index contributed by atoms with van der Waals surface area (Å²) in [6, 6.07) is 4.49. The predicted molar refractivity (Wildman–Crippen MR) is 67.0 cm³/mol. The lowest BCUT2D eigenvalue weighted by molar-refractivity contribution is 0.182. The minimum atomic E-state index is -0.375. The van der Waals surface area contributed by atoms with Crippen LogP contribution in [0.1, 0.15) is 5.69 Å². The van der Waals surface area contributed by atoms with Crippen LogP contribution >= 0.6 is 11.6 Å². The normalized spacial score (nSPS) is 10.8. The van der Waals surface area contributed by atoms with Crippen molar-refractivity contribution in [3.05, 3.63) is 34.7 Å². The molecule has 1 N–H and O–H groups in total. The molecule has 3 nitrogen and oxygen atoms in total. The zero-order valence-electron chi connectivity index (χ0n) is 9.55. The Morgan fingerprint density at radius 3 is 2.82 bits per heavy atom. The number of nitrogens with zero attached hydrogens (tertiary/aromatic N) is 1. The lowest BCUT2D eigenvalue weighted by Crippen LogP contribution is -1.98. The van der Waals surface area contributed by atoms with Crippen molar-refractivity contribution in [2.75, 3.05) is 19.5 Å². The van der Waals surface area contributed by atoms with Gasteiger partial charge in [-0.15, -0.1) is 0 Å². The molecule has 1 aromatic carbocycles. The van der Waals surface area contributed by atoms with Gasteiger partial charge in [-0.3, -0.25) is 0 Å². The Hall–Kier alpha value is -1.39. The van der Waals surface area contributed by atoms with Gasteiger partial charge >= 0.3 is 0 Å². The fraction of sp³-hybridized carbons (Fsp3) is 0.250. The second-order valence-corrected chi connectivity index (χ2v) is 4.04. The first-order valence-electron chi connectivity index (χ1n) is 5.11. The highest BCUT2D eigenvalue weighted by Crippen LogP contribution is 2.29. The molecular formula is C12H12ClFN2O. The molecule has 0 bridgehead atoms. The highest BCUT2D eigenvalue weighted by atomic mass is 35.5. The number of benzene rings is 1. The average molecular weight is 255 g/mol. The minimum Gasteiger partial charge on any atom is -0.388 e. The fourth-order valence-electron chi connectivity index (χ4n) is 1.73. The number of methoxy groups -OCH3 is 1. The number of pyridine rings is 1. The number of aromatic nitrogens is 1. The van der Waals surface area contributed by atoms with Gasteiger partial charge in [-0.25, -0.2) is 9.37 Å². The van der Waals surface area contributed by atoms with Gasteiger partial charge < -0.3 is 10.1 Å². The molecule has 0 atom stereocenters. The topological polar surface area (TPSA) is 34.1 Å². The van der Waals surface area contributed by atoms with Crippen molar-refractivity contribution in [3.8, 4) is 0 Å². The molecule has 90 valence electrons. The van der Waals surface area contributed by atoms with Crippen LogP contribution in [0, 0.1) is 5.82 Å². The van der Waals surface area contributed by atoms with Crippen LogP contribution in [0.2, 0.25) is 5.02 Å². The first kappa shape index (κ1) is 12.1. The summed E-state index contributed by atoms with van der Waals surface area (Å²) in [5.41, 5.74) is 2.10. The Balaban J connectivity index is 2.73. The van der Waals surface area contributed by atoms with E-state index in [1.165, 1.54) is 12.1 Å². The molecule has 2 aromatic rings. The summed E-state index contributed by atoms with van der Waals surface area (Å²) in [6.07, 6.45) is 0. The van der Waals surface area contributed by atoms with Gasteiger partial charge in [0.2, 0.25) is 0 Å². The van der Waals surface area contributed by atoms with E-state index >= 15 is 0 Å². The van der Waals surface area contributed by atoms with Crippen molar-refractivity contribution in [1.82, 2.24) is 4.98 Å². The Kier molecular flexibility index (Phi) is 3.45. The lowest BCUT2D eigenvalue weighted by Gasteiger charge is -2.10. The van der Waals surface area contributed by atoms with E-state index < -0.39 is 0 Å². The Morgan fingerprint density at radius 2 is 2.18 bits per heavy atom. The number of rotatable bonds is 3. The molecule has 5 heteroatoms. The predicted octanol–water partition coefficient (Wildman–Crippen LogP) is 3.22. The average Bonchev–Trinajstić information content (AvgIpc) is 2.29. The molecule has 0 amide bonds. The maximum Gasteiger partial charge on any atom is 0.125 e. The highest BCUT2D eigenvalue weighted by molar-refractivity contribution is 6.35. The molecular weight excluding hydrogens is 243 g/mol. The first-order chi connectivity index (χ1) is 8.15. The molecule has 1 heterocycles. The summed E-state index contributed by atoms with van der Waals surface area (Å²) >= 11 is 5.99. The smallest absolute Gasteiger partial charge is 0.125 e. The summed E-state index contributed by atoms with van der Waals surface area (Å²) in [4.78, 5) is 4.35. The highest BCUT2D eigenvalue weighted by Gasteiger charge is 2.10. The molecule has 2 rings (SSSR count). The van der Waals surface area contributed by atoms with Gasteiger partial charge in [-0.2, -0.15) is 0 Å². The zero-order chi connectivity index (χ0) is 12.4. The van der Waals surface area contributed by atoms with Crippen LogP contribution in [-0.2, 0) is 11.3 Å². The SMILES string of the molecule is CNc1cc(COC)nc2c(Cl)cc(F)cc12. The molecule has 0 unspecified atom stereocenters. The molecule has 0 fully saturated rings. The monoisotopic (exact) mass is 254 g/mol. The quantitative estimate of drug-likeness (QED) is 0.913. The van der Waals surface area contributed by atoms with Gasteiger partial charge in [0.15, 0.2) is 0 Å². The second kappa shape index (κ2) is 4.85. The summed E-state index contributed by atoms with van der Waals surface area (Å²) in [5, 5.41) is 3.97. The van der Waals surface area contributed by atoms with Crippen LogP contribution in [0.25, 0.3) is 10.9 Å². The molecule has 0 aliphatic carbocycles. The fourth-order valence-corrected chi connectivity index (χ4v) is 1.98. The van der Waals surface area contributed by atoms with E-state index in [2.05, 4.69) is 10.3 Å². The standard InChI is InChI=1S/C12H12ClFN2O/c1-15-11-5-8(6-17-2)16-12-9(11)3-7(14)4-10(12)13/h3-5H,6H2,1-2H3,(H,15,16). The zero-order valence-corrected chi connectivity index (χ0v) is 10.3. The van der Waals surface area contributed by atoms with Crippen LogP contribution in [0.5, 0.6) is 0 Å². The van der Waals surface area contributed by atoms with E-state index in [-0.39, 0.29) is 5.82 Å². The van der Waals surface area contributed by atoms with Crippen LogP contribution in [0.15, 0.2) is 18.2 Å². The lowest BCUT2D eigenvalue weighted by atomic mass is 10.1. The summed E-state index contributed by atoms with van der Waals surface area (Å²) in [5.74, 6) is -0.375. The Morgan fingerprint density at radius 1 is 1.41 bits per heavy atom. The Bertz CT molecular complexity index is 560. The van der Waals surface area contributed by atoms with Gasteiger partial charge in [0, 0.05) is 25.2 Å². The van der Waals surface area contributed by atoms with E-state index in [1.54, 1.807) is 14.2 Å². The maximum absolute atomic E-state index is 13.3. The third kappa shape index (κ3) is 2.33. The van der Waals surface area contributed by atoms with Crippen LogP contribution in [0.4, 0.5) is 10.1 Å². The van der Waals surface area contributed by atoms with Gasteiger partial charge in [0.1, 0.15) is 5.82 Å². The van der Waals surface area contributed by atoms with E-state index in [1.807, 2.05) is 6.07 Å². The number of hydrogen-bond acceptors (Lipinski definition) is 3. The molecule has 0 saturated heterocycles. The van der Waals surface area contributed by atoms with Crippen LogP contribution in [-0.4, -0.2) is 19.1 Å². The summed E-state index contributed by atoms with van der Waals surface area (Å²) in [7, 11) is 3.36. The maximum atomic E-state index is 13.3. The molecule has 0 radical (unpaired) electrons. The van der Waals surface area contributed by atoms with Crippen LogP contribution < -0.4 is 5.32 Å². The first-order valence-corrected chi connectivity index (χ1v) is 5.49. The third-order valence-electron chi connectivity index (χ3n) is 2.45. The van der Waals surface area contributed by atoms with E-state index in [4.69, 9.17) is 16.3 Å². The van der Waals surface area contributed by atoms with E-state index in [9.17, 15) is 4.39 Å². The van der Waals surface area contributed by atoms with Gasteiger partial charge in [-0.1, -0.05) is 11.6 Å². The summed E-state index contributed by atoms with van der Waals surface area (Å²) in [6.45, 7) is 0.387. The number of nitrogens with one attached hydrogen (secondary N) is 1. The van der Waals surface area contributed by atoms with Crippen molar-refractivity contribution in [2.24, 2.45) is 0 Å². The Labute approximate surface area is 104 Å². The molecule has 0 aliphatic rings. The molecule has 0 saturated carbocycles. The molecule has 0 aliphatic heterocycles.